The Morgan fingerprint density at radius 1 is 0.828 bits per heavy atom. The normalized spacial score (nSPS) is 19.8. The van der Waals surface area contributed by atoms with Crippen LogP contribution in [0.4, 0.5) is 0 Å². The van der Waals surface area contributed by atoms with Crippen LogP contribution in [0.3, 0.4) is 0 Å². The predicted molar refractivity (Wildman–Crippen MR) is 115 cm³/mol. The second-order valence-corrected chi connectivity index (χ2v) is 8.30. The molecular weight excluding hydrogens is 374 g/mol. The lowest BCUT2D eigenvalue weighted by atomic mass is 9.93. The molecule has 0 atom stereocenters. The van der Waals surface area contributed by atoms with Crippen LogP contribution < -0.4 is 5.32 Å². The van der Waals surface area contributed by atoms with Gasteiger partial charge in [-0.25, -0.2) is 0 Å². The van der Waals surface area contributed by atoms with Gasteiger partial charge in [-0.1, -0.05) is 13.8 Å². The average molecular weight is 420 g/mol. The van der Waals surface area contributed by atoms with Crippen molar-refractivity contribution in [2.24, 2.45) is 5.92 Å². The fraction of sp³-hybridized carbons (Fsp3) is 0.955. The van der Waals surface area contributed by atoms with Crippen LogP contribution in [0.25, 0.3) is 0 Å². The van der Waals surface area contributed by atoms with Crippen molar-refractivity contribution in [3.05, 3.63) is 0 Å². The summed E-state index contributed by atoms with van der Waals surface area (Å²) in [7, 11) is 0. The van der Waals surface area contributed by atoms with E-state index in [0.717, 1.165) is 38.7 Å². The van der Waals surface area contributed by atoms with Crippen molar-refractivity contribution < 1.29 is 29.9 Å². The summed E-state index contributed by atoms with van der Waals surface area (Å²) in [5, 5.41) is 3.05. The van der Waals surface area contributed by atoms with E-state index in [-0.39, 0.29) is 26.1 Å². The van der Waals surface area contributed by atoms with Crippen LogP contribution in [-0.4, -0.2) is 77.0 Å². The minimum Gasteiger partial charge on any atom is -0.379 e. The largest absolute Gasteiger partial charge is 0.379 e. The van der Waals surface area contributed by atoms with Crippen LogP contribution in [-0.2, 0) is 28.5 Å². The van der Waals surface area contributed by atoms with Gasteiger partial charge in [0.15, 0.2) is 0 Å². The number of hydrogen-bond acceptors (Lipinski definition) is 6. The van der Waals surface area contributed by atoms with Gasteiger partial charge in [0.25, 0.3) is 0 Å². The van der Waals surface area contributed by atoms with Gasteiger partial charge in [-0.15, -0.1) is 0 Å². The summed E-state index contributed by atoms with van der Waals surface area (Å²) in [5.74, 6) is 0.612. The van der Waals surface area contributed by atoms with Crippen LogP contribution in [0.1, 0.15) is 61.2 Å². The Kier molecular flexibility index (Phi) is 15.4. The number of nitrogens with one attached hydrogen (secondary N) is 1. The molecule has 1 rings (SSSR count). The van der Waals surface area contributed by atoms with Gasteiger partial charge in [-0.05, 0) is 51.9 Å². The third-order valence-corrected chi connectivity index (χ3v) is 4.69. The van der Waals surface area contributed by atoms with Gasteiger partial charge in [0, 0.05) is 14.1 Å². The van der Waals surface area contributed by atoms with Crippen molar-refractivity contribution in [2.75, 3.05) is 52.9 Å². The summed E-state index contributed by atoms with van der Waals surface area (Å²) < 4.78 is 27.6. The molecule has 0 heterocycles. The Morgan fingerprint density at radius 2 is 1.34 bits per heavy atom. The van der Waals surface area contributed by atoms with Crippen LogP contribution in [0, 0.1) is 5.92 Å². The number of carbonyl (C=O) groups is 1. The lowest BCUT2D eigenvalue weighted by molar-refractivity contribution is -0.127. The molecule has 7 nitrogen and oxygen atoms in total. The summed E-state index contributed by atoms with van der Waals surface area (Å²) in [6.07, 6.45) is 5.62. The molecule has 0 saturated heterocycles. The summed E-state index contributed by atoms with van der Waals surface area (Å²) in [4.78, 5) is 11.9. The number of carbonyl (C=O) groups excluding carboxylic acids is 1. The highest BCUT2D eigenvalue weighted by Crippen LogP contribution is 2.22. The Labute approximate surface area is 178 Å². The van der Waals surface area contributed by atoms with Crippen molar-refractivity contribution in [3.8, 4) is 0 Å². The van der Waals surface area contributed by atoms with Crippen molar-refractivity contribution in [1.29, 1.82) is 0 Å². The van der Waals surface area contributed by atoms with Gasteiger partial charge in [0.2, 0.25) is 5.91 Å². The third kappa shape index (κ3) is 15.7. The van der Waals surface area contributed by atoms with Gasteiger partial charge >= 0.3 is 0 Å². The molecule has 1 amide bonds. The third-order valence-electron chi connectivity index (χ3n) is 4.69. The molecule has 1 saturated carbocycles. The molecule has 1 fully saturated rings. The van der Waals surface area contributed by atoms with Gasteiger partial charge in [-0.2, -0.15) is 0 Å². The zero-order valence-electron chi connectivity index (χ0n) is 19.0. The van der Waals surface area contributed by atoms with Gasteiger partial charge in [0.1, 0.15) is 6.61 Å². The van der Waals surface area contributed by atoms with E-state index >= 15 is 0 Å². The lowest BCUT2D eigenvalue weighted by Crippen LogP contribution is -2.41. The van der Waals surface area contributed by atoms with Crippen LogP contribution in [0.5, 0.6) is 0 Å². The molecule has 29 heavy (non-hydrogen) atoms. The van der Waals surface area contributed by atoms with E-state index in [0.29, 0.717) is 51.7 Å². The summed E-state index contributed by atoms with van der Waals surface area (Å²) in [6, 6.07) is 0.237. The molecule has 174 valence electrons. The fourth-order valence-corrected chi connectivity index (χ4v) is 3.14. The fourth-order valence-electron chi connectivity index (χ4n) is 3.14. The number of amides is 1. The Bertz CT molecular complexity index is 403. The molecular formula is C22H45NO6. The Hall–Kier alpha value is -0.730. The Balaban J connectivity index is 0.00000841. The van der Waals surface area contributed by atoms with Crippen LogP contribution in [0.15, 0.2) is 0 Å². The maximum atomic E-state index is 11.9. The number of rotatable bonds is 17. The van der Waals surface area contributed by atoms with Gasteiger partial charge in [-0.3, -0.25) is 4.79 Å². The molecule has 1 aliphatic rings. The highest BCUT2D eigenvalue weighted by atomic mass is 16.6. The first-order chi connectivity index (χ1) is 14.0. The molecule has 0 aliphatic heterocycles. The smallest absolute Gasteiger partial charge is 0.246 e. The minimum atomic E-state index is -0.0565. The highest BCUT2D eigenvalue weighted by Gasteiger charge is 2.23. The molecule has 0 bridgehead atoms. The Morgan fingerprint density at radius 3 is 1.86 bits per heavy atom. The molecule has 0 aromatic carbocycles. The molecule has 0 aromatic heterocycles. The average Bonchev–Trinajstić information content (AvgIpc) is 2.66. The number of ether oxygens (including phenoxy) is 5. The van der Waals surface area contributed by atoms with E-state index in [1.54, 1.807) is 0 Å². The first kappa shape index (κ1) is 26.3. The standard InChI is InChI=1S/C22H43NO6.H2/c1-18(2)9-10-25-11-12-26-13-14-27-15-16-28-17-22(24)23-20-5-7-21(8-6-20)29-19(3)4;/h18-21H,5-17H2,1-4H3,(H,23,24);1H. The molecule has 7 heteroatoms. The maximum Gasteiger partial charge on any atom is 0.246 e. The van der Waals surface area contributed by atoms with Crippen molar-refractivity contribution in [1.82, 2.24) is 5.32 Å². The highest BCUT2D eigenvalue weighted by molar-refractivity contribution is 5.77. The monoisotopic (exact) mass is 419 g/mol. The molecule has 0 aromatic rings. The second-order valence-electron chi connectivity index (χ2n) is 8.30. The lowest BCUT2D eigenvalue weighted by Gasteiger charge is -2.30. The molecule has 0 unspecified atom stereocenters. The van der Waals surface area contributed by atoms with E-state index < -0.39 is 0 Å². The summed E-state index contributed by atoms with van der Waals surface area (Å²) in [5.41, 5.74) is 0. The quantitative estimate of drug-likeness (QED) is 0.365. The summed E-state index contributed by atoms with van der Waals surface area (Å²) in [6.45, 7) is 12.5. The minimum absolute atomic E-state index is 0. The predicted octanol–water partition coefficient (Wildman–Crippen LogP) is 3.20. The van der Waals surface area contributed by atoms with Crippen LogP contribution in [0.2, 0.25) is 0 Å². The van der Waals surface area contributed by atoms with Crippen molar-refractivity contribution >= 4 is 5.91 Å². The van der Waals surface area contributed by atoms with Gasteiger partial charge < -0.3 is 29.0 Å². The van der Waals surface area contributed by atoms with Crippen molar-refractivity contribution in [2.45, 2.75) is 78.0 Å². The topological polar surface area (TPSA) is 75.2 Å². The first-order valence-corrected chi connectivity index (χ1v) is 11.2. The zero-order valence-corrected chi connectivity index (χ0v) is 19.0. The molecule has 0 radical (unpaired) electrons. The van der Waals surface area contributed by atoms with E-state index in [9.17, 15) is 4.79 Å². The van der Waals surface area contributed by atoms with E-state index in [1.165, 1.54) is 0 Å². The molecule has 1 aliphatic carbocycles. The molecule has 0 spiro atoms. The first-order valence-electron chi connectivity index (χ1n) is 11.2. The second kappa shape index (κ2) is 17.0. The van der Waals surface area contributed by atoms with Crippen molar-refractivity contribution in [3.63, 3.8) is 0 Å². The van der Waals surface area contributed by atoms with E-state index in [4.69, 9.17) is 23.7 Å². The zero-order chi connectivity index (χ0) is 21.3. The SMILES string of the molecule is CC(C)CCOCCOCCOCCOCC(=O)NC1CCC(OC(C)C)CC1.[HH]. The summed E-state index contributed by atoms with van der Waals surface area (Å²) >= 11 is 0. The van der Waals surface area contributed by atoms with E-state index in [2.05, 4.69) is 33.0 Å². The molecule has 1 N–H and O–H groups in total. The van der Waals surface area contributed by atoms with E-state index in [1.807, 2.05) is 0 Å². The maximum absolute atomic E-state index is 11.9. The van der Waals surface area contributed by atoms with Gasteiger partial charge in [0.05, 0.1) is 51.8 Å². The number of hydrogen-bond donors (Lipinski definition) is 1. The van der Waals surface area contributed by atoms with Crippen LogP contribution >= 0.6 is 0 Å².